The summed E-state index contributed by atoms with van der Waals surface area (Å²) in [5, 5.41) is 13.7. The molecule has 11 heteroatoms. The fourth-order valence-electron chi connectivity index (χ4n) is 4.79. The topological polar surface area (TPSA) is 128 Å². The smallest absolute Gasteiger partial charge is 0.242 e. The second-order valence-electron chi connectivity index (χ2n) is 10.3. The van der Waals surface area contributed by atoms with Crippen molar-refractivity contribution in [3.8, 4) is 17.0 Å². The Morgan fingerprint density at radius 1 is 1.21 bits per heavy atom. The predicted octanol–water partition coefficient (Wildman–Crippen LogP) is 4.28. The van der Waals surface area contributed by atoms with Crippen LogP contribution in [0.25, 0.3) is 33.2 Å². The summed E-state index contributed by atoms with van der Waals surface area (Å²) in [5.41, 5.74) is 9.96. The van der Waals surface area contributed by atoms with Crippen LogP contribution in [0.4, 0.5) is 0 Å². The van der Waals surface area contributed by atoms with Crippen LogP contribution >= 0.6 is 11.6 Å². The quantitative estimate of drug-likeness (QED) is 0.335. The Labute approximate surface area is 223 Å². The highest BCUT2D eigenvalue weighted by molar-refractivity contribution is 6.31. The summed E-state index contributed by atoms with van der Waals surface area (Å²) in [7, 11) is 0. The van der Waals surface area contributed by atoms with Crippen molar-refractivity contribution < 1.29 is 9.53 Å². The minimum Gasteiger partial charge on any atom is -0.486 e. The minimum absolute atomic E-state index is 0.0565. The molecule has 0 spiro atoms. The van der Waals surface area contributed by atoms with Gasteiger partial charge in [0.25, 0.3) is 0 Å². The van der Waals surface area contributed by atoms with Gasteiger partial charge in [-0.1, -0.05) is 11.6 Å². The molecule has 1 unspecified atom stereocenters. The molecular weight excluding hydrogens is 504 g/mol. The van der Waals surface area contributed by atoms with Gasteiger partial charge in [-0.25, -0.2) is 0 Å². The average molecular weight is 531 g/mol. The van der Waals surface area contributed by atoms with Crippen LogP contribution in [0, 0.1) is 0 Å². The average Bonchev–Trinajstić information content (AvgIpc) is 3.49. The fourth-order valence-corrected chi connectivity index (χ4v) is 5.01. The van der Waals surface area contributed by atoms with Crippen LogP contribution in [0.15, 0.2) is 55.1 Å². The Morgan fingerprint density at radius 2 is 2.00 bits per heavy atom. The summed E-state index contributed by atoms with van der Waals surface area (Å²) < 4.78 is 8.21. The van der Waals surface area contributed by atoms with Crippen LogP contribution in [0.3, 0.4) is 0 Å². The molecule has 0 aliphatic carbocycles. The molecule has 3 aromatic heterocycles. The Kier molecular flexibility index (Phi) is 5.81. The summed E-state index contributed by atoms with van der Waals surface area (Å²) in [6, 6.07) is 9.58. The fraction of sp³-hybridized carbons (Fsp3) is 0.296. The predicted molar refractivity (Wildman–Crippen MR) is 145 cm³/mol. The Hall–Kier alpha value is -4.02. The molecule has 1 saturated heterocycles. The van der Waals surface area contributed by atoms with Crippen molar-refractivity contribution >= 4 is 39.4 Å². The largest absolute Gasteiger partial charge is 0.486 e. The van der Waals surface area contributed by atoms with Crippen LogP contribution in [0.1, 0.15) is 38.5 Å². The van der Waals surface area contributed by atoms with Crippen molar-refractivity contribution in [3.63, 3.8) is 0 Å². The van der Waals surface area contributed by atoms with Gasteiger partial charge in [0.05, 0.1) is 34.3 Å². The van der Waals surface area contributed by atoms with E-state index in [1.54, 1.807) is 43.4 Å². The maximum Gasteiger partial charge on any atom is 0.242 e. The van der Waals surface area contributed by atoms with Crippen molar-refractivity contribution in [3.05, 3.63) is 65.7 Å². The molecule has 6 rings (SSSR count). The number of amides is 1. The van der Waals surface area contributed by atoms with Gasteiger partial charge in [-0.2, -0.15) is 10.2 Å². The number of carbonyl (C=O) groups excluding carboxylic acids is 1. The normalized spacial score (nSPS) is 15.1. The molecule has 0 bridgehead atoms. The lowest BCUT2D eigenvalue weighted by atomic mass is 10.0. The number of likely N-dealkylation sites (tertiary alicyclic amines) is 1. The molecule has 1 aliphatic rings. The Bertz CT molecular complexity index is 1670. The zero-order valence-corrected chi connectivity index (χ0v) is 22.0. The van der Waals surface area contributed by atoms with Crippen LogP contribution in [0.2, 0.25) is 5.02 Å². The first kappa shape index (κ1) is 24.3. The molecule has 194 valence electrons. The van der Waals surface area contributed by atoms with Crippen molar-refractivity contribution in [2.45, 2.75) is 38.5 Å². The van der Waals surface area contributed by atoms with Gasteiger partial charge in [0.2, 0.25) is 5.91 Å². The first-order valence-corrected chi connectivity index (χ1v) is 12.7. The highest BCUT2D eigenvalue weighted by Gasteiger charge is 2.37. The first-order chi connectivity index (χ1) is 18.2. The molecule has 3 N–H and O–H groups in total. The number of halogens is 1. The zero-order valence-electron chi connectivity index (χ0n) is 21.2. The number of fused-ring (bicyclic) bond motifs is 2. The second kappa shape index (κ2) is 9.07. The van der Waals surface area contributed by atoms with Gasteiger partial charge in [-0.05, 0) is 51.1 Å². The third-order valence-electron chi connectivity index (χ3n) is 6.80. The number of nitrogens with two attached hydrogens (primary N) is 1. The minimum atomic E-state index is -0.876. The van der Waals surface area contributed by atoms with E-state index in [0.29, 0.717) is 23.9 Å². The van der Waals surface area contributed by atoms with Gasteiger partial charge in [0.1, 0.15) is 17.5 Å². The molecule has 10 nitrogen and oxygen atoms in total. The highest BCUT2D eigenvalue weighted by atomic mass is 35.5. The number of H-pyrrole nitrogens is 1. The van der Waals surface area contributed by atoms with E-state index in [0.717, 1.165) is 38.8 Å². The lowest BCUT2D eigenvalue weighted by Gasteiger charge is -2.42. The number of hydrogen-bond acceptors (Lipinski definition) is 7. The van der Waals surface area contributed by atoms with Gasteiger partial charge >= 0.3 is 0 Å². The third kappa shape index (κ3) is 4.35. The molecule has 2 aromatic carbocycles. The maximum atomic E-state index is 12.4. The lowest BCUT2D eigenvalue weighted by Crippen LogP contribution is -2.59. The SMILES string of the molecule is CC(Oc1ccc2[nH]nc(-c3cnn(C4CN(C(=O)C(C)(C)N)C4)c3)c2c1)c1cc(Cl)cc2nccnc12. The van der Waals surface area contributed by atoms with Gasteiger partial charge in [-0.3, -0.25) is 24.5 Å². The second-order valence-corrected chi connectivity index (χ2v) is 10.7. The molecule has 5 aromatic rings. The van der Waals surface area contributed by atoms with Crippen molar-refractivity contribution in [2.24, 2.45) is 5.73 Å². The maximum absolute atomic E-state index is 12.4. The van der Waals surface area contributed by atoms with Crippen molar-refractivity contribution in [2.75, 3.05) is 13.1 Å². The molecule has 1 amide bonds. The van der Waals surface area contributed by atoms with E-state index >= 15 is 0 Å². The van der Waals surface area contributed by atoms with Crippen LogP contribution in [-0.4, -0.2) is 59.4 Å². The molecule has 1 fully saturated rings. The molecule has 4 heterocycles. The van der Waals surface area contributed by atoms with Gasteiger partial charge in [-0.15, -0.1) is 0 Å². The Balaban J connectivity index is 1.23. The van der Waals surface area contributed by atoms with Crippen LogP contribution < -0.4 is 10.5 Å². The molecule has 0 saturated carbocycles. The van der Waals surface area contributed by atoms with Crippen molar-refractivity contribution in [1.29, 1.82) is 0 Å². The summed E-state index contributed by atoms with van der Waals surface area (Å²) in [6.07, 6.45) is 6.74. The monoisotopic (exact) mass is 530 g/mol. The van der Waals surface area contributed by atoms with Gasteiger partial charge < -0.3 is 15.4 Å². The first-order valence-electron chi connectivity index (χ1n) is 12.3. The molecule has 1 aliphatic heterocycles. The number of ether oxygens (including phenoxy) is 1. The summed E-state index contributed by atoms with van der Waals surface area (Å²) in [5.74, 6) is 0.633. The van der Waals surface area contributed by atoms with Crippen LogP contribution in [-0.2, 0) is 4.79 Å². The van der Waals surface area contributed by atoms with Gasteiger partial charge in [0, 0.05) is 53.2 Å². The van der Waals surface area contributed by atoms with E-state index in [2.05, 4.69) is 25.3 Å². The van der Waals surface area contributed by atoms with Gasteiger partial charge in [0.15, 0.2) is 0 Å². The van der Waals surface area contributed by atoms with E-state index in [9.17, 15) is 4.79 Å². The number of aromatic nitrogens is 6. The third-order valence-corrected chi connectivity index (χ3v) is 7.02. The molecular formula is C27H27ClN8O2. The Morgan fingerprint density at radius 3 is 2.79 bits per heavy atom. The number of nitrogens with one attached hydrogen (secondary N) is 1. The highest BCUT2D eigenvalue weighted by Crippen LogP contribution is 2.34. The van der Waals surface area contributed by atoms with Crippen LogP contribution in [0.5, 0.6) is 5.75 Å². The standard InChI is InChI=1S/C27H27ClN8O2/c1-15(20-8-17(28)9-23-25(20)31-7-6-30-23)38-19-4-5-22-21(10-19)24(34-33-22)16-11-32-36(12-16)18-13-35(14-18)26(37)27(2,3)29/h4-12,15,18H,13-14,29H2,1-3H3,(H,33,34). The van der Waals surface area contributed by atoms with E-state index in [1.165, 1.54) is 0 Å². The number of rotatable bonds is 6. The van der Waals surface area contributed by atoms with E-state index < -0.39 is 5.54 Å². The molecule has 1 atom stereocenters. The number of carbonyl (C=O) groups is 1. The number of nitrogens with zero attached hydrogens (tertiary/aromatic N) is 6. The zero-order chi connectivity index (χ0) is 26.6. The summed E-state index contributed by atoms with van der Waals surface area (Å²) in [6.45, 7) is 6.58. The molecule has 0 radical (unpaired) electrons. The number of hydrogen-bond donors (Lipinski definition) is 2. The lowest BCUT2D eigenvalue weighted by molar-refractivity contribution is -0.141. The number of aromatic amines is 1. The molecule has 38 heavy (non-hydrogen) atoms. The van der Waals surface area contributed by atoms with E-state index in [4.69, 9.17) is 22.1 Å². The summed E-state index contributed by atoms with van der Waals surface area (Å²) >= 11 is 6.34. The van der Waals surface area contributed by atoms with E-state index in [1.807, 2.05) is 42.1 Å². The van der Waals surface area contributed by atoms with Crippen molar-refractivity contribution in [1.82, 2.24) is 34.8 Å². The summed E-state index contributed by atoms with van der Waals surface area (Å²) in [4.78, 5) is 23.0. The van der Waals surface area contributed by atoms with E-state index in [-0.39, 0.29) is 18.1 Å². The number of benzene rings is 2.